The summed E-state index contributed by atoms with van der Waals surface area (Å²) in [6.07, 6.45) is 4.24. The normalized spacial score (nSPS) is 17.3. The fourth-order valence-corrected chi connectivity index (χ4v) is 3.56. The van der Waals surface area contributed by atoms with Crippen LogP contribution in [-0.2, 0) is 11.3 Å². The maximum absolute atomic E-state index is 12.7. The first-order valence-corrected chi connectivity index (χ1v) is 8.32. The topological polar surface area (TPSA) is 81.5 Å². The highest BCUT2D eigenvalue weighted by atomic mass is 16.3. The largest absolute Gasteiger partial charge is 0.469 e. The van der Waals surface area contributed by atoms with E-state index in [1.54, 1.807) is 17.0 Å². The summed E-state index contributed by atoms with van der Waals surface area (Å²) in [6, 6.07) is 11.3. The van der Waals surface area contributed by atoms with E-state index in [-0.39, 0.29) is 18.4 Å². The van der Waals surface area contributed by atoms with Gasteiger partial charge in [-0.2, -0.15) is 0 Å². The first-order valence-electron chi connectivity index (χ1n) is 8.32. The fraction of sp³-hybridized carbons (Fsp3) is 0.263. The molecule has 2 aromatic heterocycles. The monoisotopic (exact) mass is 337 g/mol. The number of nitrogens with zero attached hydrogens (tertiary/aromatic N) is 2. The SMILES string of the molecule is NC(=O)c1cn(CC(=O)N2CCC(c3ccco3)C2)c2ccccc12. The molecule has 3 aromatic rings. The predicted octanol–water partition coefficient (Wildman–Crippen LogP) is 2.35. The van der Waals surface area contributed by atoms with Gasteiger partial charge in [0.15, 0.2) is 0 Å². The summed E-state index contributed by atoms with van der Waals surface area (Å²) in [5.41, 5.74) is 6.74. The highest BCUT2D eigenvalue weighted by molar-refractivity contribution is 6.06. The average Bonchev–Trinajstić information content (AvgIpc) is 3.34. The van der Waals surface area contributed by atoms with E-state index in [0.29, 0.717) is 18.7 Å². The second kappa shape index (κ2) is 6.12. The molecule has 1 fully saturated rings. The van der Waals surface area contributed by atoms with Crippen LogP contribution >= 0.6 is 0 Å². The minimum absolute atomic E-state index is 0.0332. The maximum Gasteiger partial charge on any atom is 0.250 e. The number of primary amides is 1. The summed E-state index contributed by atoms with van der Waals surface area (Å²) in [4.78, 5) is 26.2. The summed E-state index contributed by atoms with van der Waals surface area (Å²) in [7, 11) is 0. The van der Waals surface area contributed by atoms with Crippen molar-refractivity contribution >= 4 is 22.7 Å². The molecule has 4 rings (SSSR count). The van der Waals surface area contributed by atoms with Gasteiger partial charge in [-0.05, 0) is 24.6 Å². The molecule has 0 radical (unpaired) electrons. The lowest BCUT2D eigenvalue weighted by atomic mass is 10.1. The Balaban J connectivity index is 1.54. The van der Waals surface area contributed by atoms with Gasteiger partial charge in [0, 0.05) is 36.1 Å². The Morgan fingerprint density at radius 2 is 2.04 bits per heavy atom. The van der Waals surface area contributed by atoms with Crippen molar-refractivity contribution in [1.29, 1.82) is 0 Å². The maximum atomic E-state index is 12.7. The third kappa shape index (κ3) is 2.80. The number of nitrogens with two attached hydrogens (primary N) is 1. The van der Waals surface area contributed by atoms with Crippen molar-refractivity contribution in [2.45, 2.75) is 18.9 Å². The number of carbonyl (C=O) groups excluding carboxylic acids is 2. The summed E-state index contributed by atoms with van der Waals surface area (Å²) in [6.45, 7) is 1.57. The quantitative estimate of drug-likeness (QED) is 0.793. The number of benzene rings is 1. The molecule has 0 spiro atoms. The summed E-state index contributed by atoms with van der Waals surface area (Å²) in [5.74, 6) is 0.728. The Labute approximate surface area is 144 Å². The first-order chi connectivity index (χ1) is 12.1. The molecule has 1 unspecified atom stereocenters. The molecule has 0 saturated carbocycles. The van der Waals surface area contributed by atoms with Gasteiger partial charge >= 0.3 is 0 Å². The Kier molecular flexibility index (Phi) is 3.80. The van der Waals surface area contributed by atoms with E-state index in [2.05, 4.69) is 0 Å². The molecule has 0 bridgehead atoms. The smallest absolute Gasteiger partial charge is 0.250 e. The third-order valence-electron chi connectivity index (χ3n) is 4.85. The Hall–Kier alpha value is -3.02. The van der Waals surface area contributed by atoms with Gasteiger partial charge in [0.05, 0.1) is 11.8 Å². The molecule has 1 aliphatic rings. The molecule has 1 saturated heterocycles. The van der Waals surface area contributed by atoms with Crippen LogP contribution in [0.2, 0.25) is 0 Å². The van der Waals surface area contributed by atoms with Crippen molar-refractivity contribution in [2.24, 2.45) is 5.73 Å². The zero-order chi connectivity index (χ0) is 17.4. The molecule has 6 nitrogen and oxygen atoms in total. The van der Waals surface area contributed by atoms with Crippen molar-refractivity contribution < 1.29 is 14.0 Å². The molecule has 3 heterocycles. The Morgan fingerprint density at radius 3 is 2.80 bits per heavy atom. The molecule has 0 aliphatic carbocycles. The van der Waals surface area contributed by atoms with Crippen molar-refractivity contribution in [2.75, 3.05) is 13.1 Å². The number of likely N-dealkylation sites (tertiary alicyclic amines) is 1. The lowest BCUT2D eigenvalue weighted by Gasteiger charge is -2.17. The number of amides is 2. The van der Waals surface area contributed by atoms with Crippen LogP contribution in [0.25, 0.3) is 10.9 Å². The lowest BCUT2D eigenvalue weighted by molar-refractivity contribution is -0.130. The van der Waals surface area contributed by atoms with E-state index in [9.17, 15) is 9.59 Å². The fourth-order valence-electron chi connectivity index (χ4n) is 3.56. The first kappa shape index (κ1) is 15.5. The molecule has 1 atom stereocenters. The number of rotatable bonds is 4. The van der Waals surface area contributed by atoms with E-state index < -0.39 is 5.91 Å². The van der Waals surface area contributed by atoms with Crippen molar-refractivity contribution in [3.8, 4) is 0 Å². The standard InChI is InChI=1S/C19H19N3O3/c20-19(24)15-11-22(16-5-2-1-4-14(15)16)12-18(23)21-8-7-13(10-21)17-6-3-9-25-17/h1-6,9,11,13H,7-8,10,12H2,(H2,20,24). The lowest BCUT2D eigenvalue weighted by Crippen LogP contribution is -2.31. The number of hydrogen-bond acceptors (Lipinski definition) is 3. The number of hydrogen-bond donors (Lipinski definition) is 1. The predicted molar refractivity (Wildman–Crippen MR) is 93.1 cm³/mol. The molecule has 2 N–H and O–H groups in total. The highest BCUT2D eigenvalue weighted by Gasteiger charge is 2.29. The second-order valence-corrected chi connectivity index (χ2v) is 6.39. The van der Waals surface area contributed by atoms with Crippen LogP contribution in [0.1, 0.15) is 28.5 Å². The Morgan fingerprint density at radius 1 is 1.20 bits per heavy atom. The summed E-state index contributed by atoms with van der Waals surface area (Å²) < 4.78 is 7.26. The number of furan rings is 1. The molecular formula is C19H19N3O3. The summed E-state index contributed by atoms with van der Waals surface area (Å²) in [5, 5.41) is 0.776. The van der Waals surface area contributed by atoms with Crippen LogP contribution in [-0.4, -0.2) is 34.4 Å². The van der Waals surface area contributed by atoms with Gasteiger partial charge in [-0.1, -0.05) is 18.2 Å². The van der Waals surface area contributed by atoms with Crippen LogP contribution < -0.4 is 5.73 Å². The number of carbonyl (C=O) groups is 2. The average molecular weight is 337 g/mol. The van der Waals surface area contributed by atoms with Crippen LogP contribution in [0, 0.1) is 0 Å². The number of aromatic nitrogens is 1. The highest BCUT2D eigenvalue weighted by Crippen LogP contribution is 2.28. The van der Waals surface area contributed by atoms with E-state index in [1.807, 2.05) is 41.3 Å². The van der Waals surface area contributed by atoms with Crippen molar-refractivity contribution in [1.82, 2.24) is 9.47 Å². The van der Waals surface area contributed by atoms with E-state index in [1.165, 1.54) is 0 Å². The van der Waals surface area contributed by atoms with Gasteiger partial charge in [-0.25, -0.2) is 0 Å². The van der Waals surface area contributed by atoms with Crippen molar-refractivity contribution in [3.05, 3.63) is 60.2 Å². The van der Waals surface area contributed by atoms with Crippen LogP contribution in [0.5, 0.6) is 0 Å². The molecule has 2 amide bonds. The molecular weight excluding hydrogens is 318 g/mol. The zero-order valence-corrected chi connectivity index (χ0v) is 13.7. The molecule has 6 heteroatoms. The van der Waals surface area contributed by atoms with Crippen LogP contribution in [0.15, 0.2) is 53.3 Å². The minimum atomic E-state index is -0.485. The van der Waals surface area contributed by atoms with Crippen molar-refractivity contribution in [3.63, 3.8) is 0 Å². The van der Waals surface area contributed by atoms with Crippen LogP contribution in [0.4, 0.5) is 0 Å². The van der Waals surface area contributed by atoms with Gasteiger partial charge in [-0.15, -0.1) is 0 Å². The van der Waals surface area contributed by atoms with E-state index >= 15 is 0 Å². The van der Waals surface area contributed by atoms with Gasteiger partial charge in [0.2, 0.25) is 5.91 Å². The van der Waals surface area contributed by atoms with Gasteiger partial charge in [-0.3, -0.25) is 9.59 Å². The van der Waals surface area contributed by atoms with Crippen LogP contribution in [0.3, 0.4) is 0 Å². The molecule has 1 aliphatic heterocycles. The second-order valence-electron chi connectivity index (χ2n) is 6.39. The molecule has 1 aromatic carbocycles. The Bertz CT molecular complexity index is 927. The minimum Gasteiger partial charge on any atom is -0.469 e. The zero-order valence-electron chi connectivity index (χ0n) is 13.7. The number of fused-ring (bicyclic) bond motifs is 1. The third-order valence-corrected chi connectivity index (χ3v) is 4.85. The van der Waals surface area contributed by atoms with E-state index in [0.717, 1.165) is 23.1 Å². The summed E-state index contributed by atoms with van der Waals surface area (Å²) >= 11 is 0. The van der Waals surface area contributed by atoms with Gasteiger partial charge in [0.1, 0.15) is 12.3 Å². The molecule has 128 valence electrons. The van der Waals surface area contributed by atoms with Gasteiger partial charge in [0.25, 0.3) is 5.91 Å². The number of para-hydroxylation sites is 1. The van der Waals surface area contributed by atoms with E-state index in [4.69, 9.17) is 10.2 Å². The van der Waals surface area contributed by atoms with Gasteiger partial charge < -0.3 is 19.6 Å². The molecule has 25 heavy (non-hydrogen) atoms.